The number of rotatable bonds is 3. The Morgan fingerprint density at radius 3 is 2.23 bits per heavy atom. The average molecular weight is 209 g/mol. The van der Waals surface area contributed by atoms with Gasteiger partial charge in [0.15, 0.2) is 0 Å². The maximum Gasteiger partial charge on any atom is 0.214 e. The van der Waals surface area contributed by atoms with Crippen molar-refractivity contribution < 1.29 is 12.8 Å². The van der Waals surface area contributed by atoms with Crippen molar-refractivity contribution in [1.82, 2.24) is 4.31 Å². The lowest BCUT2D eigenvalue weighted by molar-refractivity contribution is 0.0396. The zero-order valence-electron chi connectivity index (χ0n) is 8.25. The van der Waals surface area contributed by atoms with Gasteiger partial charge in [-0.15, -0.1) is 0 Å². The summed E-state index contributed by atoms with van der Waals surface area (Å²) in [5.74, 6) is 0.208. The zero-order chi connectivity index (χ0) is 10.3. The van der Waals surface area contributed by atoms with Gasteiger partial charge in [0, 0.05) is 13.1 Å². The predicted octanol–water partition coefficient (Wildman–Crippen LogP) is 1.02. The monoisotopic (exact) mass is 209 g/mol. The molecule has 0 atom stereocenters. The predicted molar refractivity (Wildman–Crippen MR) is 49.7 cm³/mol. The highest BCUT2D eigenvalue weighted by molar-refractivity contribution is 7.89. The molecule has 0 amide bonds. The smallest absolute Gasteiger partial charge is 0.214 e. The average Bonchev–Trinajstić information content (AvgIpc) is 1.79. The molecule has 0 unspecified atom stereocenters. The molecule has 78 valence electrons. The normalized spacial score (nSPS) is 23.2. The molecule has 1 aliphatic heterocycles. The van der Waals surface area contributed by atoms with Crippen LogP contribution in [0.1, 0.15) is 20.8 Å². The van der Waals surface area contributed by atoms with Crippen molar-refractivity contribution in [3.8, 4) is 0 Å². The number of hydrogen-bond acceptors (Lipinski definition) is 2. The first-order valence-corrected chi connectivity index (χ1v) is 6.01. The number of sulfonamides is 1. The molecule has 1 fully saturated rings. The van der Waals surface area contributed by atoms with E-state index in [4.69, 9.17) is 0 Å². The van der Waals surface area contributed by atoms with E-state index in [9.17, 15) is 12.8 Å². The first-order valence-electron chi connectivity index (χ1n) is 4.40. The summed E-state index contributed by atoms with van der Waals surface area (Å²) in [5, 5.41) is 0. The Morgan fingerprint density at radius 2 is 1.92 bits per heavy atom. The second kappa shape index (κ2) is 3.20. The quantitative estimate of drug-likeness (QED) is 0.696. The van der Waals surface area contributed by atoms with E-state index in [1.54, 1.807) is 0 Å². The lowest BCUT2D eigenvalue weighted by Crippen LogP contribution is -2.59. The van der Waals surface area contributed by atoms with E-state index in [1.807, 2.05) is 13.8 Å². The Hall–Kier alpha value is -0.160. The molecule has 0 spiro atoms. The largest absolute Gasteiger partial charge is 0.241 e. The van der Waals surface area contributed by atoms with Crippen LogP contribution in [0, 0.1) is 5.92 Å². The van der Waals surface area contributed by atoms with Gasteiger partial charge in [-0.3, -0.25) is 0 Å². The minimum atomic E-state index is -3.20. The molecular formula is C8H16FNO2S. The highest BCUT2D eigenvalue weighted by Gasteiger charge is 2.44. The second-order valence-corrected chi connectivity index (χ2v) is 6.37. The summed E-state index contributed by atoms with van der Waals surface area (Å²) in [5.41, 5.74) is -1.32. The molecule has 13 heavy (non-hydrogen) atoms. The van der Waals surface area contributed by atoms with E-state index in [-0.39, 0.29) is 24.8 Å². The van der Waals surface area contributed by atoms with Crippen molar-refractivity contribution in [2.24, 2.45) is 5.92 Å². The van der Waals surface area contributed by atoms with E-state index in [0.717, 1.165) is 0 Å². The Kier molecular flexibility index (Phi) is 2.69. The highest BCUT2D eigenvalue weighted by Crippen LogP contribution is 2.27. The minimum Gasteiger partial charge on any atom is -0.241 e. The lowest BCUT2D eigenvalue weighted by Gasteiger charge is -2.41. The van der Waals surface area contributed by atoms with Crippen LogP contribution in [-0.2, 0) is 10.0 Å². The summed E-state index contributed by atoms with van der Waals surface area (Å²) < 4.78 is 37.2. The van der Waals surface area contributed by atoms with Gasteiger partial charge in [0.1, 0.15) is 5.67 Å². The molecule has 5 heteroatoms. The third-order valence-corrected chi connectivity index (χ3v) is 4.08. The molecule has 3 nitrogen and oxygen atoms in total. The standard InChI is InChI=1S/C8H16FNO2S/c1-7(2)4-13(11,12)10-5-8(3,9)6-10/h7H,4-6H2,1-3H3. The molecule has 0 aromatic rings. The SMILES string of the molecule is CC(C)CS(=O)(=O)N1CC(C)(F)C1. The number of alkyl halides is 1. The molecule has 0 radical (unpaired) electrons. The molecule has 0 aliphatic carbocycles. The van der Waals surface area contributed by atoms with Crippen LogP contribution in [0.25, 0.3) is 0 Å². The maximum absolute atomic E-state index is 13.0. The topological polar surface area (TPSA) is 37.4 Å². The van der Waals surface area contributed by atoms with Gasteiger partial charge in [-0.1, -0.05) is 13.8 Å². The van der Waals surface area contributed by atoms with Crippen molar-refractivity contribution in [1.29, 1.82) is 0 Å². The molecule has 0 aromatic heterocycles. The molecule has 0 aromatic carbocycles. The van der Waals surface area contributed by atoms with E-state index in [1.165, 1.54) is 11.2 Å². The van der Waals surface area contributed by atoms with Gasteiger partial charge in [-0.2, -0.15) is 4.31 Å². The Bertz CT molecular complexity index is 277. The van der Waals surface area contributed by atoms with Crippen LogP contribution in [0.3, 0.4) is 0 Å². The van der Waals surface area contributed by atoms with E-state index >= 15 is 0 Å². The van der Waals surface area contributed by atoms with E-state index in [0.29, 0.717) is 0 Å². The van der Waals surface area contributed by atoms with Gasteiger partial charge >= 0.3 is 0 Å². The summed E-state index contributed by atoms with van der Waals surface area (Å²) in [6, 6.07) is 0. The molecule has 0 bridgehead atoms. The van der Waals surface area contributed by atoms with Crippen LogP contribution in [0.4, 0.5) is 4.39 Å². The van der Waals surface area contributed by atoms with E-state index in [2.05, 4.69) is 0 Å². The van der Waals surface area contributed by atoms with Crippen LogP contribution in [0.5, 0.6) is 0 Å². The van der Waals surface area contributed by atoms with Gasteiger partial charge in [0.05, 0.1) is 5.75 Å². The summed E-state index contributed by atoms with van der Waals surface area (Å²) in [6.45, 7) is 5.14. The van der Waals surface area contributed by atoms with Gasteiger partial charge in [-0.05, 0) is 12.8 Å². The maximum atomic E-state index is 13.0. The van der Waals surface area contributed by atoms with Crippen LogP contribution >= 0.6 is 0 Å². The van der Waals surface area contributed by atoms with Crippen LogP contribution < -0.4 is 0 Å². The third-order valence-electron chi connectivity index (χ3n) is 1.95. The van der Waals surface area contributed by atoms with Crippen LogP contribution in [-0.4, -0.2) is 37.2 Å². The Labute approximate surface area is 79.0 Å². The van der Waals surface area contributed by atoms with Gasteiger partial charge < -0.3 is 0 Å². The molecule has 1 aliphatic rings. The lowest BCUT2D eigenvalue weighted by atomic mass is 10.0. The Balaban J connectivity index is 2.55. The molecule has 0 saturated carbocycles. The molecule has 0 N–H and O–H groups in total. The fourth-order valence-corrected chi connectivity index (χ4v) is 3.40. The van der Waals surface area contributed by atoms with Crippen molar-refractivity contribution >= 4 is 10.0 Å². The van der Waals surface area contributed by atoms with Crippen molar-refractivity contribution in [3.05, 3.63) is 0 Å². The fourth-order valence-electron chi connectivity index (χ4n) is 1.41. The molecule has 1 heterocycles. The zero-order valence-corrected chi connectivity index (χ0v) is 9.07. The summed E-state index contributed by atoms with van der Waals surface area (Å²) in [4.78, 5) is 0. The first-order chi connectivity index (χ1) is 5.73. The first kappa shape index (κ1) is 10.9. The van der Waals surface area contributed by atoms with Gasteiger partial charge in [0.2, 0.25) is 10.0 Å². The summed E-state index contributed by atoms with van der Waals surface area (Å²) >= 11 is 0. The number of hydrogen-bond donors (Lipinski definition) is 0. The van der Waals surface area contributed by atoms with Gasteiger partial charge in [-0.25, -0.2) is 12.8 Å². The highest BCUT2D eigenvalue weighted by atomic mass is 32.2. The second-order valence-electron chi connectivity index (χ2n) is 4.35. The summed E-state index contributed by atoms with van der Waals surface area (Å²) in [7, 11) is -3.20. The van der Waals surface area contributed by atoms with Crippen molar-refractivity contribution in [3.63, 3.8) is 0 Å². The summed E-state index contributed by atoms with van der Waals surface area (Å²) in [6.07, 6.45) is 0. The van der Waals surface area contributed by atoms with Gasteiger partial charge in [0.25, 0.3) is 0 Å². The van der Waals surface area contributed by atoms with Crippen molar-refractivity contribution in [2.45, 2.75) is 26.4 Å². The van der Waals surface area contributed by atoms with Crippen LogP contribution in [0.15, 0.2) is 0 Å². The minimum absolute atomic E-state index is 0.0159. The number of nitrogens with zero attached hydrogens (tertiary/aromatic N) is 1. The number of halogens is 1. The molecule has 1 saturated heterocycles. The molecule has 1 rings (SSSR count). The van der Waals surface area contributed by atoms with Crippen molar-refractivity contribution in [2.75, 3.05) is 18.8 Å². The molecular weight excluding hydrogens is 193 g/mol. The van der Waals surface area contributed by atoms with Crippen LogP contribution in [0.2, 0.25) is 0 Å². The van der Waals surface area contributed by atoms with E-state index < -0.39 is 15.7 Å². The Morgan fingerprint density at radius 1 is 1.46 bits per heavy atom. The third kappa shape index (κ3) is 2.64. The fraction of sp³-hybridized carbons (Fsp3) is 1.00.